The zero-order valence-electron chi connectivity index (χ0n) is 14.3. The fraction of sp³-hybridized carbons (Fsp3) is 0.211. The van der Waals surface area contributed by atoms with Gasteiger partial charge in [-0.1, -0.05) is 23.4 Å². The van der Waals surface area contributed by atoms with E-state index in [2.05, 4.69) is 10.5 Å². The van der Waals surface area contributed by atoms with Crippen molar-refractivity contribution < 1.29 is 23.2 Å². The Bertz CT molecular complexity index is 967. The van der Waals surface area contributed by atoms with Gasteiger partial charge in [-0.3, -0.25) is 9.59 Å². The number of nitrogens with one attached hydrogen (secondary N) is 1. The molecule has 2 aromatic carbocycles. The number of amides is 1. The maximum atomic E-state index is 13.5. The van der Waals surface area contributed by atoms with E-state index in [1.54, 1.807) is 37.3 Å². The van der Waals surface area contributed by atoms with Gasteiger partial charge in [0.1, 0.15) is 11.5 Å². The lowest BCUT2D eigenvalue weighted by atomic mass is 10.2. The minimum atomic E-state index is -1.04. The van der Waals surface area contributed by atoms with E-state index in [9.17, 15) is 14.0 Å². The summed E-state index contributed by atoms with van der Waals surface area (Å²) in [5.74, 6) is -1.58. The van der Waals surface area contributed by atoms with Crippen molar-refractivity contribution in [2.75, 3.05) is 5.32 Å². The van der Waals surface area contributed by atoms with Crippen LogP contribution in [0, 0.1) is 12.7 Å². The Morgan fingerprint density at radius 3 is 2.81 bits per heavy atom. The number of halogens is 1. The summed E-state index contributed by atoms with van der Waals surface area (Å²) in [4.78, 5) is 24.2. The fourth-order valence-corrected chi connectivity index (χ4v) is 2.41. The lowest BCUT2D eigenvalue weighted by Crippen LogP contribution is -2.30. The number of fused-ring (bicyclic) bond motifs is 1. The van der Waals surface area contributed by atoms with Gasteiger partial charge in [0.05, 0.1) is 6.42 Å². The highest BCUT2D eigenvalue weighted by Gasteiger charge is 2.20. The second kappa shape index (κ2) is 7.35. The van der Waals surface area contributed by atoms with E-state index in [0.29, 0.717) is 22.5 Å². The molecule has 0 aliphatic rings. The molecule has 1 amide bonds. The van der Waals surface area contributed by atoms with Gasteiger partial charge in [0.15, 0.2) is 11.7 Å². The number of anilines is 1. The monoisotopic (exact) mass is 356 g/mol. The average molecular weight is 356 g/mol. The summed E-state index contributed by atoms with van der Waals surface area (Å²) >= 11 is 0. The van der Waals surface area contributed by atoms with Crippen molar-refractivity contribution in [3.63, 3.8) is 0 Å². The Hall–Kier alpha value is -3.22. The van der Waals surface area contributed by atoms with Gasteiger partial charge < -0.3 is 14.6 Å². The molecular weight excluding hydrogens is 339 g/mol. The van der Waals surface area contributed by atoms with Crippen LogP contribution in [-0.2, 0) is 20.7 Å². The quantitative estimate of drug-likeness (QED) is 0.709. The van der Waals surface area contributed by atoms with E-state index in [1.165, 1.54) is 13.0 Å². The zero-order valence-corrected chi connectivity index (χ0v) is 14.3. The van der Waals surface area contributed by atoms with Crippen molar-refractivity contribution in [3.05, 3.63) is 59.5 Å². The first-order valence-corrected chi connectivity index (χ1v) is 8.04. The van der Waals surface area contributed by atoms with Crippen molar-refractivity contribution in [2.24, 2.45) is 0 Å². The van der Waals surface area contributed by atoms with E-state index < -0.39 is 23.8 Å². The van der Waals surface area contributed by atoms with Gasteiger partial charge in [0, 0.05) is 11.1 Å². The molecular formula is C19H17FN2O4. The number of benzene rings is 2. The third kappa shape index (κ3) is 3.88. The van der Waals surface area contributed by atoms with Crippen LogP contribution in [0.4, 0.5) is 10.1 Å². The van der Waals surface area contributed by atoms with Gasteiger partial charge in [0.2, 0.25) is 0 Å². The number of hydrogen-bond donors (Lipinski definition) is 1. The molecule has 1 atom stereocenters. The Morgan fingerprint density at radius 2 is 2.04 bits per heavy atom. The molecule has 26 heavy (non-hydrogen) atoms. The van der Waals surface area contributed by atoms with E-state index in [0.717, 1.165) is 5.39 Å². The lowest BCUT2D eigenvalue weighted by molar-refractivity contribution is -0.152. The molecule has 3 aromatic rings. The topological polar surface area (TPSA) is 81.4 Å². The van der Waals surface area contributed by atoms with Crippen LogP contribution >= 0.6 is 0 Å². The maximum Gasteiger partial charge on any atom is 0.312 e. The Morgan fingerprint density at radius 1 is 1.27 bits per heavy atom. The van der Waals surface area contributed by atoms with Crippen molar-refractivity contribution in [2.45, 2.75) is 26.4 Å². The molecule has 0 radical (unpaired) electrons. The van der Waals surface area contributed by atoms with E-state index in [1.807, 2.05) is 6.07 Å². The highest BCUT2D eigenvalue weighted by Crippen LogP contribution is 2.19. The third-order valence-electron chi connectivity index (χ3n) is 3.88. The number of aryl methyl sites for hydroxylation is 1. The number of rotatable bonds is 5. The van der Waals surface area contributed by atoms with Crippen LogP contribution in [0.3, 0.4) is 0 Å². The van der Waals surface area contributed by atoms with Gasteiger partial charge in [-0.15, -0.1) is 0 Å². The smallest absolute Gasteiger partial charge is 0.312 e. The summed E-state index contributed by atoms with van der Waals surface area (Å²) < 4.78 is 23.8. The van der Waals surface area contributed by atoms with Crippen molar-refractivity contribution in [1.82, 2.24) is 5.16 Å². The summed E-state index contributed by atoms with van der Waals surface area (Å²) in [5.41, 5.74) is 1.78. The first-order valence-electron chi connectivity index (χ1n) is 8.04. The third-order valence-corrected chi connectivity index (χ3v) is 3.88. The van der Waals surface area contributed by atoms with Gasteiger partial charge in [-0.05, 0) is 43.7 Å². The molecule has 0 saturated heterocycles. The molecule has 0 spiro atoms. The second-order valence-electron chi connectivity index (χ2n) is 5.89. The Labute approximate surface area is 148 Å². The Balaban J connectivity index is 1.59. The standard InChI is InChI=1S/C19H17FN2O4/c1-11-7-8-13(9-15(11)20)21-19(24)12(2)25-18(23)10-16-14-5-3-4-6-17(14)26-22-16/h3-9,12H,10H2,1-2H3,(H,21,24)/t12-/m0/s1. The molecule has 0 aliphatic carbocycles. The van der Waals surface area contributed by atoms with Crippen molar-refractivity contribution in [3.8, 4) is 0 Å². The summed E-state index contributed by atoms with van der Waals surface area (Å²) in [6, 6.07) is 11.5. The number of ether oxygens (including phenoxy) is 1. The highest BCUT2D eigenvalue weighted by atomic mass is 19.1. The van der Waals surface area contributed by atoms with Crippen LogP contribution in [0.2, 0.25) is 0 Å². The summed E-state index contributed by atoms with van der Waals surface area (Å²) in [7, 11) is 0. The van der Waals surface area contributed by atoms with E-state index in [4.69, 9.17) is 9.26 Å². The molecule has 0 fully saturated rings. The molecule has 1 aromatic heterocycles. The molecule has 0 bridgehead atoms. The molecule has 6 nitrogen and oxygen atoms in total. The van der Waals surface area contributed by atoms with Crippen LogP contribution in [0.25, 0.3) is 11.0 Å². The predicted octanol–water partition coefficient (Wildman–Crippen LogP) is 3.39. The van der Waals surface area contributed by atoms with Gasteiger partial charge >= 0.3 is 5.97 Å². The molecule has 3 rings (SSSR count). The van der Waals surface area contributed by atoms with Crippen molar-refractivity contribution in [1.29, 1.82) is 0 Å². The maximum absolute atomic E-state index is 13.5. The molecule has 0 saturated carbocycles. The number of aromatic nitrogens is 1. The minimum absolute atomic E-state index is 0.117. The van der Waals surface area contributed by atoms with Crippen LogP contribution in [0.5, 0.6) is 0 Å². The highest BCUT2D eigenvalue weighted by molar-refractivity contribution is 5.95. The number of nitrogens with zero attached hydrogens (tertiary/aromatic N) is 1. The lowest BCUT2D eigenvalue weighted by Gasteiger charge is -2.13. The molecule has 1 N–H and O–H groups in total. The van der Waals surface area contributed by atoms with Crippen LogP contribution in [0.15, 0.2) is 47.0 Å². The molecule has 1 heterocycles. The van der Waals surface area contributed by atoms with E-state index >= 15 is 0 Å². The van der Waals surface area contributed by atoms with Gasteiger partial charge in [-0.25, -0.2) is 4.39 Å². The predicted molar refractivity (Wildman–Crippen MR) is 93.0 cm³/mol. The first kappa shape index (κ1) is 17.6. The average Bonchev–Trinajstić information content (AvgIpc) is 3.01. The van der Waals surface area contributed by atoms with Crippen LogP contribution < -0.4 is 5.32 Å². The van der Waals surface area contributed by atoms with Crippen LogP contribution in [-0.4, -0.2) is 23.1 Å². The summed E-state index contributed by atoms with van der Waals surface area (Å²) in [6.45, 7) is 3.07. The largest absolute Gasteiger partial charge is 0.452 e. The Kier molecular flexibility index (Phi) is 4.97. The molecule has 7 heteroatoms. The molecule has 0 aliphatic heterocycles. The number of para-hydroxylation sites is 1. The number of carbonyl (C=O) groups is 2. The van der Waals surface area contributed by atoms with Gasteiger partial charge in [-0.2, -0.15) is 0 Å². The first-order chi connectivity index (χ1) is 12.4. The SMILES string of the molecule is Cc1ccc(NC(=O)[C@H](C)OC(=O)Cc2noc3ccccc23)cc1F. The second-order valence-corrected chi connectivity index (χ2v) is 5.89. The normalized spacial score (nSPS) is 12.0. The minimum Gasteiger partial charge on any atom is -0.452 e. The number of hydrogen-bond acceptors (Lipinski definition) is 5. The van der Waals surface area contributed by atoms with Crippen molar-refractivity contribution >= 4 is 28.5 Å². The molecule has 134 valence electrons. The number of esters is 1. The zero-order chi connectivity index (χ0) is 18.7. The number of carbonyl (C=O) groups excluding carboxylic acids is 2. The van der Waals surface area contributed by atoms with Crippen LogP contribution in [0.1, 0.15) is 18.2 Å². The fourth-order valence-electron chi connectivity index (χ4n) is 2.41. The molecule has 0 unspecified atom stereocenters. The van der Waals surface area contributed by atoms with Gasteiger partial charge in [0.25, 0.3) is 5.91 Å². The summed E-state index contributed by atoms with van der Waals surface area (Å²) in [6.07, 6.45) is -1.15. The summed E-state index contributed by atoms with van der Waals surface area (Å²) in [5, 5.41) is 7.09. The van der Waals surface area contributed by atoms with E-state index in [-0.39, 0.29) is 6.42 Å².